The van der Waals surface area contributed by atoms with Gasteiger partial charge < -0.3 is 14.4 Å². The van der Waals surface area contributed by atoms with Gasteiger partial charge in [0.2, 0.25) is 0 Å². The van der Waals surface area contributed by atoms with Crippen molar-refractivity contribution in [3.63, 3.8) is 0 Å². The summed E-state index contributed by atoms with van der Waals surface area (Å²) in [4.78, 5) is 14.3. The van der Waals surface area contributed by atoms with Crippen molar-refractivity contribution in [2.45, 2.75) is 0 Å². The Kier molecular flexibility index (Phi) is 4.99. The quantitative estimate of drug-likeness (QED) is 0.856. The number of hydrogen-bond acceptors (Lipinski definition) is 4. The maximum atomic E-state index is 12.5. The van der Waals surface area contributed by atoms with Crippen molar-refractivity contribution in [2.75, 3.05) is 26.3 Å². The van der Waals surface area contributed by atoms with Crippen LogP contribution < -0.4 is 4.74 Å². The lowest BCUT2D eigenvalue weighted by molar-refractivity contribution is 0.0302. The molecule has 24 heavy (non-hydrogen) atoms. The SMILES string of the molecule is N#Cc1c(Cl)cccc1Oc1cccc(C(=O)N2CCOCC2)c1. The summed E-state index contributed by atoms with van der Waals surface area (Å²) in [7, 11) is 0. The first-order chi connectivity index (χ1) is 11.7. The van der Waals surface area contributed by atoms with Crippen LogP contribution in [0.25, 0.3) is 0 Å². The van der Waals surface area contributed by atoms with Gasteiger partial charge in [-0.1, -0.05) is 23.7 Å². The number of nitrogens with zero attached hydrogens (tertiary/aromatic N) is 2. The predicted octanol–water partition coefficient (Wildman–Crippen LogP) is 3.48. The molecular weight excluding hydrogens is 328 g/mol. The zero-order valence-corrected chi connectivity index (χ0v) is 13.6. The number of benzene rings is 2. The Morgan fingerprint density at radius 2 is 1.96 bits per heavy atom. The third-order valence-corrected chi connectivity index (χ3v) is 4.01. The first kappa shape index (κ1) is 16.3. The predicted molar refractivity (Wildman–Crippen MR) is 89.4 cm³/mol. The number of hydrogen-bond donors (Lipinski definition) is 0. The number of carbonyl (C=O) groups is 1. The number of nitriles is 1. The molecule has 0 bridgehead atoms. The lowest BCUT2D eigenvalue weighted by Gasteiger charge is -2.27. The molecule has 1 aliphatic rings. The number of carbonyl (C=O) groups excluding carboxylic acids is 1. The second kappa shape index (κ2) is 7.35. The molecular formula is C18H15ClN2O3. The Morgan fingerprint density at radius 1 is 1.21 bits per heavy atom. The molecule has 0 unspecified atom stereocenters. The summed E-state index contributed by atoms with van der Waals surface area (Å²) in [5.41, 5.74) is 0.805. The van der Waals surface area contributed by atoms with E-state index in [0.29, 0.717) is 48.4 Å². The standard InChI is InChI=1S/C18H15ClN2O3/c19-16-5-2-6-17(15(16)12-20)24-14-4-1-3-13(11-14)18(22)21-7-9-23-10-8-21/h1-6,11H,7-10H2. The maximum Gasteiger partial charge on any atom is 0.254 e. The average Bonchev–Trinajstić information content (AvgIpc) is 2.62. The van der Waals surface area contributed by atoms with Gasteiger partial charge >= 0.3 is 0 Å². The molecule has 2 aromatic carbocycles. The Balaban J connectivity index is 1.82. The maximum absolute atomic E-state index is 12.5. The molecule has 0 N–H and O–H groups in total. The van der Waals surface area contributed by atoms with E-state index in [-0.39, 0.29) is 11.5 Å². The number of amides is 1. The molecule has 1 saturated heterocycles. The molecule has 0 atom stereocenters. The smallest absolute Gasteiger partial charge is 0.254 e. The molecule has 0 radical (unpaired) electrons. The molecule has 6 heteroatoms. The summed E-state index contributed by atoms with van der Waals surface area (Å²) in [5, 5.41) is 9.53. The zero-order chi connectivity index (χ0) is 16.9. The second-order valence-electron chi connectivity index (χ2n) is 5.26. The molecule has 0 aliphatic carbocycles. The minimum absolute atomic E-state index is 0.0599. The third-order valence-electron chi connectivity index (χ3n) is 3.69. The van der Waals surface area contributed by atoms with Crippen LogP contribution in [-0.4, -0.2) is 37.1 Å². The van der Waals surface area contributed by atoms with E-state index in [9.17, 15) is 10.1 Å². The topological polar surface area (TPSA) is 62.6 Å². The summed E-state index contributed by atoms with van der Waals surface area (Å²) in [5.74, 6) is 0.782. The average molecular weight is 343 g/mol. The highest BCUT2D eigenvalue weighted by atomic mass is 35.5. The first-order valence-electron chi connectivity index (χ1n) is 7.52. The molecule has 5 nitrogen and oxygen atoms in total. The Bertz CT molecular complexity index is 795. The number of rotatable bonds is 3. The minimum Gasteiger partial charge on any atom is -0.456 e. The molecule has 0 saturated carbocycles. The van der Waals surface area contributed by atoms with Gasteiger partial charge in [-0.25, -0.2) is 0 Å². The molecule has 2 aromatic rings. The van der Waals surface area contributed by atoms with E-state index in [4.69, 9.17) is 21.1 Å². The first-order valence-corrected chi connectivity index (χ1v) is 7.90. The van der Waals surface area contributed by atoms with E-state index in [2.05, 4.69) is 0 Å². The fourth-order valence-corrected chi connectivity index (χ4v) is 2.67. The number of halogens is 1. The van der Waals surface area contributed by atoms with Crippen LogP contribution in [-0.2, 0) is 4.74 Å². The molecule has 1 fully saturated rings. The van der Waals surface area contributed by atoms with Crippen LogP contribution in [0.4, 0.5) is 0 Å². The van der Waals surface area contributed by atoms with Crippen molar-refractivity contribution in [1.82, 2.24) is 4.90 Å². The van der Waals surface area contributed by atoms with E-state index in [1.807, 2.05) is 6.07 Å². The van der Waals surface area contributed by atoms with Crippen LogP contribution in [0.2, 0.25) is 5.02 Å². The van der Waals surface area contributed by atoms with Crippen molar-refractivity contribution < 1.29 is 14.3 Å². The van der Waals surface area contributed by atoms with Gasteiger partial charge in [0.25, 0.3) is 5.91 Å². The van der Waals surface area contributed by atoms with Crippen LogP contribution >= 0.6 is 11.6 Å². The zero-order valence-electron chi connectivity index (χ0n) is 12.9. The van der Waals surface area contributed by atoms with Gasteiger partial charge in [-0.2, -0.15) is 5.26 Å². The number of morpholine rings is 1. The summed E-state index contributed by atoms with van der Waals surface area (Å²) in [6.07, 6.45) is 0. The van der Waals surface area contributed by atoms with Gasteiger partial charge in [0, 0.05) is 18.7 Å². The number of ether oxygens (including phenoxy) is 2. The Morgan fingerprint density at radius 3 is 2.71 bits per heavy atom. The van der Waals surface area contributed by atoms with Crippen molar-refractivity contribution in [3.05, 3.63) is 58.6 Å². The lowest BCUT2D eigenvalue weighted by atomic mass is 10.1. The molecule has 122 valence electrons. The molecule has 1 amide bonds. The van der Waals surface area contributed by atoms with E-state index in [1.165, 1.54) is 0 Å². The monoisotopic (exact) mass is 342 g/mol. The highest BCUT2D eigenvalue weighted by Crippen LogP contribution is 2.30. The van der Waals surface area contributed by atoms with E-state index in [0.717, 1.165) is 0 Å². The minimum atomic E-state index is -0.0599. The van der Waals surface area contributed by atoms with Gasteiger partial charge in [0.1, 0.15) is 23.1 Å². The van der Waals surface area contributed by atoms with Crippen LogP contribution in [0.15, 0.2) is 42.5 Å². The molecule has 3 rings (SSSR count). The fourth-order valence-electron chi connectivity index (χ4n) is 2.47. The van der Waals surface area contributed by atoms with Gasteiger partial charge in [0.15, 0.2) is 0 Å². The summed E-state index contributed by atoms with van der Waals surface area (Å²) < 4.78 is 11.0. The summed E-state index contributed by atoms with van der Waals surface area (Å²) >= 11 is 6.00. The van der Waals surface area contributed by atoms with Gasteiger partial charge in [-0.05, 0) is 30.3 Å². The third kappa shape index (κ3) is 3.51. The lowest BCUT2D eigenvalue weighted by Crippen LogP contribution is -2.40. The van der Waals surface area contributed by atoms with E-state index < -0.39 is 0 Å². The Hall–Kier alpha value is -2.55. The Labute approximate surface area is 145 Å². The molecule has 0 spiro atoms. The molecule has 1 aliphatic heterocycles. The van der Waals surface area contributed by atoms with Gasteiger partial charge in [-0.15, -0.1) is 0 Å². The van der Waals surface area contributed by atoms with Crippen LogP contribution in [0.5, 0.6) is 11.5 Å². The van der Waals surface area contributed by atoms with Gasteiger partial charge in [0.05, 0.1) is 18.2 Å². The second-order valence-corrected chi connectivity index (χ2v) is 5.67. The van der Waals surface area contributed by atoms with Crippen molar-refractivity contribution >= 4 is 17.5 Å². The van der Waals surface area contributed by atoms with Crippen molar-refractivity contribution in [1.29, 1.82) is 5.26 Å². The molecule has 0 aromatic heterocycles. The highest BCUT2D eigenvalue weighted by Gasteiger charge is 2.19. The van der Waals surface area contributed by atoms with E-state index >= 15 is 0 Å². The van der Waals surface area contributed by atoms with Crippen LogP contribution in [0.1, 0.15) is 15.9 Å². The molecule has 1 heterocycles. The normalized spacial score (nSPS) is 14.1. The van der Waals surface area contributed by atoms with Crippen LogP contribution in [0.3, 0.4) is 0 Å². The summed E-state index contributed by atoms with van der Waals surface area (Å²) in [6, 6.07) is 13.9. The van der Waals surface area contributed by atoms with Crippen molar-refractivity contribution in [3.8, 4) is 17.6 Å². The van der Waals surface area contributed by atoms with E-state index in [1.54, 1.807) is 47.4 Å². The van der Waals surface area contributed by atoms with Crippen molar-refractivity contribution in [2.24, 2.45) is 0 Å². The van der Waals surface area contributed by atoms with Gasteiger partial charge in [-0.3, -0.25) is 4.79 Å². The highest BCUT2D eigenvalue weighted by molar-refractivity contribution is 6.31. The largest absolute Gasteiger partial charge is 0.456 e. The summed E-state index contributed by atoms with van der Waals surface area (Å²) in [6.45, 7) is 2.26. The van der Waals surface area contributed by atoms with Crippen LogP contribution in [0, 0.1) is 11.3 Å². The fraction of sp³-hybridized carbons (Fsp3) is 0.222.